The molecule has 0 radical (unpaired) electrons. The van der Waals surface area contributed by atoms with Gasteiger partial charge in [0.15, 0.2) is 5.76 Å². The molecule has 0 fully saturated rings. The molecule has 33 heavy (non-hydrogen) atoms. The van der Waals surface area contributed by atoms with Gasteiger partial charge >= 0.3 is 0 Å². The van der Waals surface area contributed by atoms with E-state index >= 15 is 0 Å². The van der Waals surface area contributed by atoms with Gasteiger partial charge in [-0.2, -0.15) is 4.52 Å². The molecule has 164 valence electrons. The second kappa shape index (κ2) is 7.98. The van der Waals surface area contributed by atoms with Gasteiger partial charge in [0.25, 0.3) is 5.19 Å². The van der Waals surface area contributed by atoms with Gasteiger partial charge in [-0.1, -0.05) is 30.3 Å². The zero-order valence-corrected chi connectivity index (χ0v) is 18.8. The molecule has 0 aliphatic carbocycles. The van der Waals surface area contributed by atoms with Gasteiger partial charge in [0, 0.05) is 23.1 Å². The van der Waals surface area contributed by atoms with E-state index in [-0.39, 0.29) is 6.61 Å². The molecule has 10 heteroatoms. The highest BCUT2D eigenvalue weighted by Crippen LogP contribution is 2.36. The van der Waals surface area contributed by atoms with Gasteiger partial charge in [-0.05, 0) is 17.4 Å². The van der Waals surface area contributed by atoms with Crippen molar-refractivity contribution < 1.29 is 18.3 Å². The molecule has 4 heterocycles. The first-order valence-corrected chi connectivity index (χ1v) is 11.6. The Morgan fingerprint density at radius 3 is 2.88 bits per heavy atom. The number of benzene rings is 2. The van der Waals surface area contributed by atoms with E-state index in [0.717, 1.165) is 16.3 Å². The van der Waals surface area contributed by atoms with Gasteiger partial charge in [0.1, 0.15) is 34.5 Å². The zero-order chi connectivity index (χ0) is 22.4. The monoisotopic (exact) mass is 478 g/mol. The standard InChI is InChI=1S/C23H15FN4O3S2/c1-29-23-27-28-17(10-25-22(28)33-23)20-9-16-18(7-14(24)8-19(16)31-20)30-11-15-12-32-21(26-15)13-5-3-2-4-6-13/h2-10,12H,11H2,1H3. The molecule has 0 spiro atoms. The summed E-state index contributed by atoms with van der Waals surface area (Å²) in [5, 5.41) is 8.36. The van der Waals surface area contributed by atoms with E-state index < -0.39 is 5.82 Å². The highest BCUT2D eigenvalue weighted by Gasteiger charge is 2.18. The minimum absolute atomic E-state index is 0.211. The average Bonchev–Trinajstić information content (AvgIpc) is 3.60. The predicted octanol–water partition coefficient (Wildman–Crippen LogP) is 6.05. The van der Waals surface area contributed by atoms with E-state index in [1.54, 1.807) is 35.2 Å². The van der Waals surface area contributed by atoms with Crippen LogP contribution in [0.25, 0.3) is 38.0 Å². The second-order valence-electron chi connectivity index (χ2n) is 7.13. The summed E-state index contributed by atoms with van der Waals surface area (Å²) in [5.74, 6) is 0.433. The largest absolute Gasteiger partial charge is 0.486 e. The summed E-state index contributed by atoms with van der Waals surface area (Å²) in [7, 11) is 1.55. The van der Waals surface area contributed by atoms with Crippen LogP contribution in [0.4, 0.5) is 4.39 Å². The molecule has 0 bridgehead atoms. The van der Waals surface area contributed by atoms with E-state index in [9.17, 15) is 4.39 Å². The molecule has 6 rings (SSSR count). The lowest BCUT2D eigenvalue weighted by Gasteiger charge is -2.05. The Bertz CT molecular complexity index is 1590. The van der Waals surface area contributed by atoms with Crippen LogP contribution in [0.2, 0.25) is 0 Å². The molecular weight excluding hydrogens is 463 g/mol. The van der Waals surface area contributed by atoms with Crippen molar-refractivity contribution in [3.63, 3.8) is 0 Å². The summed E-state index contributed by atoms with van der Waals surface area (Å²) in [6.45, 7) is 0.211. The van der Waals surface area contributed by atoms with Crippen molar-refractivity contribution in [3.8, 4) is 33.0 Å². The van der Waals surface area contributed by atoms with Gasteiger partial charge in [-0.25, -0.2) is 14.4 Å². The van der Waals surface area contributed by atoms with Crippen LogP contribution in [0.15, 0.2) is 64.5 Å². The number of ether oxygens (including phenoxy) is 2. The first-order chi connectivity index (χ1) is 16.2. The van der Waals surface area contributed by atoms with Crippen LogP contribution in [-0.4, -0.2) is 26.7 Å². The topological polar surface area (TPSA) is 74.7 Å². The molecule has 0 atom stereocenters. The number of rotatable bonds is 6. The van der Waals surface area contributed by atoms with Crippen LogP contribution >= 0.6 is 22.7 Å². The summed E-state index contributed by atoms with van der Waals surface area (Å²) in [4.78, 5) is 9.65. The number of nitrogens with zero attached hydrogens (tertiary/aromatic N) is 4. The Hall–Kier alpha value is -3.76. The number of fused-ring (bicyclic) bond motifs is 2. The number of furan rings is 1. The Morgan fingerprint density at radius 1 is 1.15 bits per heavy atom. The Kier molecular flexibility index (Phi) is 4.81. The van der Waals surface area contributed by atoms with E-state index in [1.807, 2.05) is 35.7 Å². The SMILES string of the molecule is COc1nn2c(-c3cc4c(OCc5csc(-c6ccccc6)n5)cc(F)cc4o3)cnc2s1. The fraction of sp³-hybridized carbons (Fsp3) is 0.0870. The van der Waals surface area contributed by atoms with Gasteiger partial charge in [-0.3, -0.25) is 0 Å². The molecule has 0 aliphatic rings. The predicted molar refractivity (Wildman–Crippen MR) is 124 cm³/mol. The van der Waals surface area contributed by atoms with E-state index in [4.69, 9.17) is 13.9 Å². The molecule has 2 aromatic carbocycles. The fourth-order valence-electron chi connectivity index (χ4n) is 3.48. The van der Waals surface area contributed by atoms with Crippen molar-refractivity contribution in [1.29, 1.82) is 0 Å². The third-order valence-electron chi connectivity index (χ3n) is 5.01. The normalized spacial score (nSPS) is 11.5. The lowest BCUT2D eigenvalue weighted by atomic mass is 10.2. The van der Waals surface area contributed by atoms with Crippen molar-refractivity contribution in [2.75, 3.05) is 7.11 Å². The van der Waals surface area contributed by atoms with E-state index in [1.165, 1.54) is 23.5 Å². The van der Waals surface area contributed by atoms with Crippen LogP contribution in [0.5, 0.6) is 10.9 Å². The minimum atomic E-state index is -0.449. The number of hydrogen-bond donors (Lipinski definition) is 0. The quantitative estimate of drug-likeness (QED) is 0.290. The molecule has 0 aliphatic heterocycles. The maximum atomic E-state index is 14.3. The molecule has 0 saturated heterocycles. The third-order valence-corrected chi connectivity index (χ3v) is 6.83. The number of methoxy groups -OCH3 is 1. The van der Waals surface area contributed by atoms with E-state index in [2.05, 4.69) is 15.1 Å². The summed E-state index contributed by atoms with van der Waals surface area (Å²) in [5.41, 5.74) is 2.83. The van der Waals surface area contributed by atoms with Crippen LogP contribution in [0.1, 0.15) is 5.69 Å². The van der Waals surface area contributed by atoms with Crippen molar-refractivity contribution in [2.45, 2.75) is 6.61 Å². The van der Waals surface area contributed by atoms with Gasteiger partial charge in [0.2, 0.25) is 4.96 Å². The Balaban J connectivity index is 1.31. The zero-order valence-electron chi connectivity index (χ0n) is 17.2. The Morgan fingerprint density at radius 2 is 2.03 bits per heavy atom. The average molecular weight is 479 g/mol. The van der Waals surface area contributed by atoms with Crippen LogP contribution in [0.3, 0.4) is 0 Å². The molecule has 0 amide bonds. The minimum Gasteiger partial charge on any atom is -0.486 e. The number of aromatic nitrogens is 4. The first-order valence-electron chi connectivity index (χ1n) is 9.92. The number of thiazole rings is 1. The highest BCUT2D eigenvalue weighted by atomic mass is 32.1. The second-order valence-corrected chi connectivity index (χ2v) is 8.91. The Labute approximate surface area is 194 Å². The molecule has 7 nitrogen and oxygen atoms in total. The smallest absolute Gasteiger partial charge is 0.294 e. The number of imidazole rings is 1. The fourth-order valence-corrected chi connectivity index (χ4v) is 4.99. The van der Waals surface area contributed by atoms with Gasteiger partial charge in [-0.15, -0.1) is 16.4 Å². The first kappa shape index (κ1) is 19.9. The highest BCUT2D eigenvalue weighted by molar-refractivity contribution is 7.18. The summed E-state index contributed by atoms with van der Waals surface area (Å²) in [6.07, 6.45) is 1.66. The number of halogens is 1. The lowest BCUT2D eigenvalue weighted by molar-refractivity contribution is 0.304. The molecular formula is C23H15FN4O3S2. The van der Waals surface area contributed by atoms with Crippen molar-refractivity contribution in [3.05, 3.63) is 71.6 Å². The van der Waals surface area contributed by atoms with Crippen LogP contribution < -0.4 is 9.47 Å². The lowest BCUT2D eigenvalue weighted by Crippen LogP contribution is -1.96. The molecule has 6 aromatic rings. The molecule has 0 saturated carbocycles. The maximum absolute atomic E-state index is 14.3. The molecule has 4 aromatic heterocycles. The van der Waals surface area contributed by atoms with Gasteiger partial charge < -0.3 is 13.9 Å². The van der Waals surface area contributed by atoms with Crippen molar-refractivity contribution in [2.24, 2.45) is 0 Å². The summed E-state index contributed by atoms with van der Waals surface area (Å²) < 4.78 is 33.0. The van der Waals surface area contributed by atoms with Crippen molar-refractivity contribution >= 4 is 38.6 Å². The maximum Gasteiger partial charge on any atom is 0.294 e. The van der Waals surface area contributed by atoms with Crippen molar-refractivity contribution in [1.82, 2.24) is 19.6 Å². The third kappa shape index (κ3) is 3.62. The molecule has 0 unspecified atom stereocenters. The van der Waals surface area contributed by atoms with Crippen LogP contribution in [-0.2, 0) is 6.61 Å². The number of hydrogen-bond acceptors (Lipinski definition) is 8. The van der Waals surface area contributed by atoms with E-state index in [0.29, 0.717) is 38.3 Å². The van der Waals surface area contributed by atoms with Crippen LogP contribution in [0, 0.1) is 5.82 Å². The summed E-state index contributed by atoms with van der Waals surface area (Å²) >= 11 is 2.86. The molecule has 0 N–H and O–H groups in total. The van der Waals surface area contributed by atoms with Gasteiger partial charge in [0.05, 0.1) is 24.4 Å². The summed E-state index contributed by atoms with van der Waals surface area (Å²) in [6, 6.07) is 14.4.